The van der Waals surface area contributed by atoms with E-state index in [0.717, 1.165) is 47.7 Å². The molecule has 0 aliphatic heterocycles. The molecule has 0 amide bonds. The molecule has 4 rings (SSSR count). The van der Waals surface area contributed by atoms with Crippen LogP contribution in [0.3, 0.4) is 0 Å². The lowest BCUT2D eigenvalue weighted by atomic mass is 9.91. The Hall–Kier alpha value is -2.96. The smallest absolute Gasteiger partial charge is 0.352 e. The van der Waals surface area contributed by atoms with Crippen LogP contribution in [0.1, 0.15) is 100 Å². The molecule has 2 aliphatic rings. The van der Waals surface area contributed by atoms with Gasteiger partial charge in [-0.2, -0.15) is 5.10 Å². The molecule has 2 aromatic heterocycles. The second-order valence-corrected chi connectivity index (χ2v) is 12.4. The Labute approximate surface area is 226 Å². The Morgan fingerprint density at radius 3 is 2.34 bits per heavy atom. The molecule has 38 heavy (non-hydrogen) atoms. The van der Waals surface area contributed by atoms with Gasteiger partial charge in [0.15, 0.2) is 5.78 Å². The predicted octanol–water partition coefficient (Wildman–Crippen LogP) is 6.35. The number of ether oxygens (including phenoxy) is 1. The average Bonchev–Trinajstić information content (AvgIpc) is 3.46. The molecule has 4 atom stereocenters. The van der Waals surface area contributed by atoms with Crippen molar-refractivity contribution in [3.63, 3.8) is 0 Å². The molecule has 0 bridgehead atoms. The monoisotopic (exact) mass is 518 g/mol. The van der Waals surface area contributed by atoms with E-state index in [2.05, 4.69) is 29.0 Å². The van der Waals surface area contributed by atoms with Crippen molar-refractivity contribution < 1.29 is 14.3 Å². The molecule has 2 unspecified atom stereocenters. The fourth-order valence-electron chi connectivity index (χ4n) is 5.82. The van der Waals surface area contributed by atoms with Gasteiger partial charge >= 0.3 is 5.97 Å². The summed E-state index contributed by atoms with van der Waals surface area (Å²) < 4.78 is 5.26. The number of pyridine rings is 1. The van der Waals surface area contributed by atoms with Crippen LogP contribution >= 0.6 is 0 Å². The van der Waals surface area contributed by atoms with E-state index in [9.17, 15) is 9.59 Å². The van der Waals surface area contributed by atoms with E-state index in [0.29, 0.717) is 31.2 Å². The molecular weight excluding hydrogens is 476 g/mol. The summed E-state index contributed by atoms with van der Waals surface area (Å²) in [7, 11) is 0. The maximum atomic E-state index is 12.8. The van der Waals surface area contributed by atoms with Gasteiger partial charge in [-0.1, -0.05) is 13.8 Å². The topological polar surface area (TPSA) is 106 Å². The molecule has 2 aliphatic carbocycles. The van der Waals surface area contributed by atoms with Crippen LogP contribution in [0.2, 0.25) is 0 Å². The summed E-state index contributed by atoms with van der Waals surface area (Å²) in [5.74, 6) is 2.23. The third-order valence-electron chi connectivity index (χ3n) is 8.33. The number of fused-ring (bicyclic) bond motifs is 2. The first-order chi connectivity index (χ1) is 17.9. The van der Waals surface area contributed by atoms with E-state index in [-0.39, 0.29) is 17.4 Å². The number of ketones is 1. The number of aryl methyl sites for hydroxylation is 1. The number of carbonyl (C=O) groups is 2. The first kappa shape index (κ1) is 28.1. The number of esters is 1. The highest BCUT2D eigenvalue weighted by molar-refractivity contribution is 6.35. The Morgan fingerprint density at radius 1 is 1.05 bits per heavy atom. The quantitative estimate of drug-likeness (QED) is 0.236. The molecule has 204 valence electrons. The zero-order chi connectivity index (χ0) is 27.6. The number of nitrogens with one attached hydrogen (secondary N) is 1. The summed E-state index contributed by atoms with van der Waals surface area (Å²) in [6.07, 6.45) is 8.27. The van der Waals surface area contributed by atoms with Crippen LogP contribution in [0.25, 0.3) is 11.4 Å². The number of nitrogens with zero attached hydrogens (tertiary/aromatic N) is 3. The summed E-state index contributed by atoms with van der Waals surface area (Å²) in [6.45, 7) is 11.9. The standard InChI is InChI=1S/C31H42N4O3/c1-18(7-14-26(32)30(37)38-31(4,5)6)8-16-28(36)21-9-15-27(33-17-21)29-25-13-11-23-19(2)22(23)10-12-24(25)20(3)34-35-29/h9,15,17-19,22-23,32H,7-8,10-14,16H2,1-6H3/t18?,19?,22-,23+/m1/s1. The number of Topliss-reactive ketones (excluding diaryl/α,β-unsaturated/α-hetero) is 1. The minimum atomic E-state index is -0.603. The minimum Gasteiger partial charge on any atom is -0.456 e. The highest BCUT2D eigenvalue weighted by Gasteiger charge is 2.46. The van der Waals surface area contributed by atoms with Crippen molar-refractivity contribution in [2.24, 2.45) is 23.7 Å². The number of hydrogen-bond acceptors (Lipinski definition) is 7. The third-order valence-corrected chi connectivity index (χ3v) is 8.33. The second-order valence-electron chi connectivity index (χ2n) is 12.4. The minimum absolute atomic E-state index is 0.0166. The van der Waals surface area contributed by atoms with Crippen molar-refractivity contribution in [2.75, 3.05) is 0 Å². The maximum Gasteiger partial charge on any atom is 0.352 e. The van der Waals surface area contributed by atoms with Crippen molar-refractivity contribution in [3.05, 3.63) is 40.7 Å². The Bertz CT molecular complexity index is 1200. The lowest BCUT2D eigenvalue weighted by Gasteiger charge is -2.20. The summed E-state index contributed by atoms with van der Waals surface area (Å²) >= 11 is 0. The van der Waals surface area contributed by atoms with E-state index in [1.165, 1.54) is 24.0 Å². The Morgan fingerprint density at radius 2 is 1.71 bits per heavy atom. The van der Waals surface area contributed by atoms with Crippen LogP contribution in [0, 0.1) is 36.0 Å². The van der Waals surface area contributed by atoms with Crippen molar-refractivity contribution in [1.29, 1.82) is 5.41 Å². The summed E-state index contributed by atoms with van der Waals surface area (Å²) in [5, 5.41) is 17.0. The van der Waals surface area contributed by atoms with Crippen LogP contribution in [0.5, 0.6) is 0 Å². The zero-order valence-corrected chi connectivity index (χ0v) is 23.8. The molecule has 1 saturated carbocycles. The highest BCUT2D eigenvalue weighted by Crippen LogP contribution is 2.53. The number of carbonyl (C=O) groups excluding carboxylic acids is 2. The van der Waals surface area contributed by atoms with Crippen LogP contribution in [-0.2, 0) is 22.4 Å². The largest absolute Gasteiger partial charge is 0.456 e. The van der Waals surface area contributed by atoms with E-state index < -0.39 is 11.6 Å². The second kappa shape index (κ2) is 11.4. The molecule has 1 N–H and O–H groups in total. The van der Waals surface area contributed by atoms with Gasteiger partial charge in [-0.15, -0.1) is 5.10 Å². The molecule has 1 fully saturated rings. The van der Waals surface area contributed by atoms with Crippen molar-refractivity contribution in [3.8, 4) is 11.4 Å². The van der Waals surface area contributed by atoms with E-state index in [1.807, 2.05) is 19.1 Å². The van der Waals surface area contributed by atoms with Crippen molar-refractivity contribution >= 4 is 17.5 Å². The summed E-state index contributed by atoms with van der Waals surface area (Å²) in [4.78, 5) is 29.5. The molecule has 7 nitrogen and oxygen atoms in total. The van der Waals surface area contributed by atoms with E-state index in [1.54, 1.807) is 27.0 Å². The highest BCUT2D eigenvalue weighted by atomic mass is 16.6. The van der Waals surface area contributed by atoms with Crippen LogP contribution < -0.4 is 0 Å². The predicted molar refractivity (Wildman–Crippen MR) is 148 cm³/mol. The molecular formula is C31H42N4O3. The lowest BCUT2D eigenvalue weighted by molar-refractivity contribution is -0.146. The first-order valence-electron chi connectivity index (χ1n) is 14.1. The van der Waals surface area contributed by atoms with Gasteiger partial charge in [0.05, 0.1) is 11.4 Å². The van der Waals surface area contributed by atoms with Gasteiger partial charge < -0.3 is 4.74 Å². The fraction of sp³-hybridized carbons (Fsp3) is 0.613. The van der Waals surface area contributed by atoms with Gasteiger partial charge in [-0.3, -0.25) is 15.2 Å². The SMILES string of the molecule is Cc1nnc(-c2ccc(C(=O)CCC(C)CCC(=N)C(=O)OC(C)(C)C)cn2)c2c1CC[C@@H]1C(C)[C@@H]1CC2. The third kappa shape index (κ3) is 6.72. The van der Waals surface area contributed by atoms with Crippen LogP contribution in [0.4, 0.5) is 0 Å². The molecule has 2 aromatic rings. The van der Waals surface area contributed by atoms with Gasteiger partial charge in [-0.05, 0) is 120 Å². The summed E-state index contributed by atoms with van der Waals surface area (Å²) in [6, 6.07) is 3.75. The summed E-state index contributed by atoms with van der Waals surface area (Å²) in [5.41, 5.74) is 5.26. The lowest BCUT2D eigenvalue weighted by Crippen LogP contribution is -2.28. The van der Waals surface area contributed by atoms with E-state index >= 15 is 0 Å². The van der Waals surface area contributed by atoms with Crippen LogP contribution in [-0.4, -0.2) is 38.2 Å². The van der Waals surface area contributed by atoms with Gasteiger partial charge in [-0.25, -0.2) is 4.79 Å². The van der Waals surface area contributed by atoms with E-state index in [4.69, 9.17) is 10.1 Å². The molecule has 0 radical (unpaired) electrons. The molecule has 0 spiro atoms. The van der Waals surface area contributed by atoms with Gasteiger partial charge in [0.1, 0.15) is 17.0 Å². The fourth-order valence-corrected chi connectivity index (χ4v) is 5.82. The van der Waals surface area contributed by atoms with Gasteiger partial charge in [0.2, 0.25) is 0 Å². The first-order valence-corrected chi connectivity index (χ1v) is 14.1. The average molecular weight is 519 g/mol. The normalized spacial score (nSPS) is 21.4. The van der Waals surface area contributed by atoms with Crippen molar-refractivity contribution in [2.45, 2.75) is 98.5 Å². The molecule has 0 aromatic carbocycles. The van der Waals surface area contributed by atoms with Gasteiger partial charge in [0, 0.05) is 18.2 Å². The molecule has 7 heteroatoms. The zero-order valence-electron chi connectivity index (χ0n) is 23.8. The number of aromatic nitrogens is 3. The molecule has 2 heterocycles. The maximum absolute atomic E-state index is 12.8. The number of hydrogen-bond donors (Lipinski definition) is 1. The van der Waals surface area contributed by atoms with Gasteiger partial charge in [0.25, 0.3) is 0 Å². The van der Waals surface area contributed by atoms with Crippen molar-refractivity contribution in [1.82, 2.24) is 15.2 Å². The van der Waals surface area contributed by atoms with Crippen LogP contribution in [0.15, 0.2) is 18.3 Å². The Kier molecular flexibility index (Phi) is 8.43. The Balaban J connectivity index is 1.33. The number of rotatable bonds is 9. The molecule has 0 saturated heterocycles.